The summed E-state index contributed by atoms with van der Waals surface area (Å²) in [7, 11) is 16.6. The van der Waals surface area contributed by atoms with Gasteiger partial charge in [0.2, 0.25) is 5.91 Å². The summed E-state index contributed by atoms with van der Waals surface area (Å²) in [6.07, 6.45) is 3.60. The topological polar surface area (TPSA) is 157 Å². The first-order valence-electron chi connectivity index (χ1n) is 15.4. The highest BCUT2D eigenvalue weighted by atomic mass is 16.2. The van der Waals surface area contributed by atoms with Crippen molar-refractivity contribution in [2.24, 2.45) is 5.92 Å². The van der Waals surface area contributed by atoms with Gasteiger partial charge >= 0.3 is 0 Å². The molecule has 3 aromatic heterocycles. The van der Waals surface area contributed by atoms with E-state index in [1.807, 2.05) is 42.4 Å². The van der Waals surface area contributed by atoms with Crippen molar-refractivity contribution in [3.63, 3.8) is 0 Å². The molecule has 7 rings (SSSR count). The highest BCUT2D eigenvalue weighted by Gasteiger charge is 2.42. The zero-order chi connectivity index (χ0) is 33.0. The molecule has 15 heteroatoms. The van der Waals surface area contributed by atoms with Crippen LogP contribution in [0.3, 0.4) is 0 Å². The monoisotopic (exact) mass is 623 g/mol. The summed E-state index contributed by atoms with van der Waals surface area (Å²) < 4.78 is 2.05. The van der Waals surface area contributed by atoms with Crippen molar-refractivity contribution in [2.45, 2.75) is 37.2 Å². The second-order valence-electron chi connectivity index (χ2n) is 12.2. The lowest BCUT2D eigenvalue weighted by molar-refractivity contribution is -0.117. The van der Waals surface area contributed by atoms with Crippen LogP contribution in [0.4, 0.5) is 22.9 Å². The molecule has 5 heterocycles. The summed E-state index contributed by atoms with van der Waals surface area (Å²) in [4.78, 5) is 33.6. The Kier molecular flexibility index (Phi) is 7.47. The number of pyridine rings is 1. The van der Waals surface area contributed by atoms with Gasteiger partial charge in [-0.25, -0.2) is 4.98 Å². The maximum Gasteiger partial charge on any atom is 0.273 e. The molecule has 1 aromatic carbocycles. The van der Waals surface area contributed by atoms with Crippen molar-refractivity contribution in [1.82, 2.24) is 35.2 Å². The lowest BCUT2D eigenvalue weighted by atomic mass is 9.57. The lowest BCUT2D eigenvalue weighted by Crippen LogP contribution is -2.60. The number of anilines is 4. The van der Waals surface area contributed by atoms with Gasteiger partial charge in [-0.1, -0.05) is 18.2 Å². The van der Waals surface area contributed by atoms with Crippen LogP contribution in [0.5, 0.6) is 0 Å². The summed E-state index contributed by atoms with van der Waals surface area (Å²) in [5, 5.41) is 29.8. The Morgan fingerprint density at radius 3 is 2.55 bits per heavy atom. The van der Waals surface area contributed by atoms with Crippen LogP contribution < -0.4 is 20.9 Å². The molecule has 1 aliphatic carbocycles. The minimum atomic E-state index is -1.33. The van der Waals surface area contributed by atoms with Crippen molar-refractivity contribution < 1.29 is 9.59 Å². The number of nitriles is 1. The summed E-state index contributed by atoms with van der Waals surface area (Å²) in [5.74, 6) is -0.240. The molecule has 3 aliphatic rings. The minimum absolute atomic E-state index is 0.00659. The summed E-state index contributed by atoms with van der Waals surface area (Å²) in [6.45, 7) is 3.24. The van der Waals surface area contributed by atoms with E-state index >= 15 is 0 Å². The number of likely N-dealkylation sites (tertiary alicyclic amines) is 1. The first-order valence-corrected chi connectivity index (χ1v) is 15.4. The third-order valence-electron chi connectivity index (χ3n) is 9.20. The van der Waals surface area contributed by atoms with Crippen LogP contribution in [-0.2, 0) is 10.1 Å². The van der Waals surface area contributed by atoms with Crippen LogP contribution in [0.2, 0.25) is 0 Å². The smallest absolute Gasteiger partial charge is 0.273 e. The van der Waals surface area contributed by atoms with E-state index in [4.69, 9.17) is 20.8 Å². The number of aromatic nitrogens is 5. The lowest BCUT2D eigenvalue weighted by Gasteiger charge is -2.50. The van der Waals surface area contributed by atoms with Gasteiger partial charge in [0, 0.05) is 56.0 Å². The van der Waals surface area contributed by atoms with Crippen LogP contribution in [0, 0.1) is 17.2 Å². The first kappa shape index (κ1) is 30.4. The second-order valence-corrected chi connectivity index (χ2v) is 12.2. The number of fused-ring (bicyclic) bond motifs is 3. The van der Waals surface area contributed by atoms with Gasteiger partial charge in [-0.3, -0.25) is 14.3 Å². The van der Waals surface area contributed by atoms with Crippen LogP contribution in [0.15, 0.2) is 48.7 Å². The molecule has 0 bridgehead atoms. The molecular formula is C32H31B2N11O2. The van der Waals surface area contributed by atoms with Gasteiger partial charge in [0.05, 0.1) is 56.7 Å². The van der Waals surface area contributed by atoms with Crippen LogP contribution in [0.25, 0.3) is 11.1 Å². The minimum Gasteiger partial charge on any atom is -0.364 e. The molecule has 3 N–H and O–H groups in total. The molecule has 4 radical (unpaired) electrons. The fourth-order valence-electron chi connectivity index (χ4n) is 6.25. The van der Waals surface area contributed by atoms with Gasteiger partial charge in [-0.15, -0.1) is 10.2 Å². The highest BCUT2D eigenvalue weighted by Crippen LogP contribution is 2.49. The zero-order valence-corrected chi connectivity index (χ0v) is 26.2. The average molecular weight is 623 g/mol. The van der Waals surface area contributed by atoms with Crippen LogP contribution in [-0.4, -0.2) is 84.6 Å². The quantitative estimate of drug-likeness (QED) is 0.249. The molecular weight excluding hydrogens is 592 g/mol. The summed E-state index contributed by atoms with van der Waals surface area (Å²) in [6, 6.07) is 14.7. The molecule has 1 atom stereocenters. The molecule has 4 aromatic rings. The van der Waals surface area contributed by atoms with Gasteiger partial charge in [0.25, 0.3) is 5.91 Å². The van der Waals surface area contributed by atoms with Crippen LogP contribution in [0.1, 0.15) is 59.4 Å². The summed E-state index contributed by atoms with van der Waals surface area (Å²) in [5.41, 5.74) is 5.93. The van der Waals surface area contributed by atoms with E-state index in [2.05, 4.69) is 47.6 Å². The molecule has 1 unspecified atom stereocenters. The van der Waals surface area contributed by atoms with E-state index in [0.717, 1.165) is 41.0 Å². The number of nitrogens with zero attached hydrogens (tertiary/aromatic N) is 8. The molecule has 47 heavy (non-hydrogen) atoms. The Morgan fingerprint density at radius 1 is 1.06 bits per heavy atom. The molecule has 1 saturated heterocycles. The van der Waals surface area contributed by atoms with Gasteiger partial charge < -0.3 is 25.8 Å². The fraction of sp³-hybridized carbons (Fsp3) is 0.344. The average Bonchev–Trinajstić information content (AvgIpc) is 3.82. The van der Waals surface area contributed by atoms with E-state index in [1.54, 1.807) is 24.3 Å². The maximum atomic E-state index is 12.7. The van der Waals surface area contributed by atoms with Crippen molar-refractivity contribution >= 4 is 50.4 Å². The van der Waals surface area contributed by atoms with Gasteiger partial charge in [0.15, 0.2) is 11.5 Å². The number of rotatable bonds is 8. The Balaban J connectivity index is 1.17. The SMILES string of the molecule is [B]C([B])(c1cccc(C#N)n1)N1CC(n2ncc3c2C(C)N(C)c2c(Nc4cc(NC(=O)C5CC5)nnc4C(=O)NC)cccc2-3)C1. The molecule has 2 aliphatic heterocycles. The number of para-hydroxylation sites is 1. The Hall–Kier alpha value is -5.22. The van der Waals surface area contributed by atoms with Gasteiger partial charge in [-0.05, 0) is 43.3 Å². The predicted molar refractivity (Wildman–Crippen MR) is 177 cm³/mol. The van der Waals surface area contributed by atoms with Gasteiger partial charge in [-0.2, -0.15) is 10.4 Å². The molecule has 232 valence electrons. The van der Waals surface area contributed by atoms with Crippen molar-refractivity contribution in [3.8, 4) is 17.2 Å². The molecule has 2 amide bonds. The van der Waals surface area contributed by atoms with Crippen LogP contribution >= 0.6 is 0 Å². The number of amides is 2. The Labute approximate surface area is 274 Å². The number of hydrogen-bond acceptors (Lipinski definition) is 10. The van der Waals surface area contributed by atoms with E-state index in [1.165, 1.54) is 7.05 Å². The predicted octanol–water partition coefficient (Wildman–Crippen LogP) is 2.57. The fourth-order valence-corrected chi connectivity index (χ4v) is 6.25. The summed E-state index contributed by atoms with van der Waals surface area (Å²) >= 11 is 0. The van der Waals surface area contributed by atoms with E-state index in [9.17, 15) is 14.9 Å². The molecule has 2 fully saturated rings. The van der Waals surface area contributed by atoms with Gasteiger partial charge in [0.1, 0.15) is 11.8 Å². The zero-order valence-electron chi connectivity index (χ0n) is 26.2. The number of nitrogens with one attached hydrogen (secondary N) is 3. The van der Waals surface area contributed by atoms with Crippen molar-refractivity contribution in [3.05, 3.63) is 71.4 Å². The second kappa shape index (κ2) is 11.5. The largest absolute Gasteiger partial charge is 0.364 e. The molecule has 13 nitrogen and oxygen atoms in total. The number of benzene rings is 1. The molecule has 1 saturated carbocycles. The Morgan fingerprint density at radius 2 is 1.83 bits per heavy atom. The maximum absolute atomic E-state index is 12.7. The number of hydrogen-bond donors (Lipinski definition) is 3. The molecule has 0 spiro atoms. The van der Waals surface area contributed by atoms with E-state index < -0.39 is 11.2 Å². The number of carbonyl (C=O) groups excluding carboxylic acids is 2. The normalized spacial score (nSPS) is 17.6. The standard InChI is InChI=1S/C32H31B2N11O2/c1-17-28-22(14-37-45(28)20-15-44(16-20)32(33,34)25-9-4-6-19(13-35)38-25)21-7-5-8-23(29(21)43(17)3)39-24-12-26(40-30(46)18-10-11-18)41-42-27(24)31(47)36-2/h4-9,12,14,17-18,20H,10-11,15-16H2,1-3H3,(H,36,47)(H2,39,40,41,46). The third kappa shape index (κ3) is 5.28. The van der Waals surface area contributed by atoms with Crippen molar-refractivity contribution in [1.29, 1.82) is 5.26 Å². The van der Waals surface area contributed by atoms with Crippen molar-refractivity contribution in [2.75, 3.05) is 42.7 Å². The van der Waals surface area contributed by atoms with E-state index in [0.29, 0.717) is 24.5 Å². The first-order chi connectivity index (χ1) is 22.6. The number of carbonyl (C=O) groups is 2. The Bertz CT molecular complexity index is 1950. The van der Waals surface area contributed by atoms with E-state index in [-0.39, 0.29) is 41.1 Å². The third-order valence-corrected chi connectivity index (χ3v) is 9.20. The highest BCUT2D eigenvalue weighted by molar-refractivity contribution is 6.39.